The van der Waals surface area contributed by atoms with Gasteiger partial charge in [0, 0.05) is 5.56 Å². The molecule has 0 atom stereocenters. The Labute approximate surface area is 187 Å². The number of benzene rings is 3. The van der Waals surface area contributed by atoms with E-state index in [-0.39, 0.29) is 12.0 Å². The molecule has 0 spiro atoms. The first kappa shape index (κ1) is 21.1. The van der Waals surface area contributed by atoms with Crippen molar-refractivity contribution in [2.45, 2.75) is 40.3 Å². The molecule has 0 bridgehead atoms. The third-order valence-electron chi connectivity index (χ3n) is 5.21. The Morgan fingerprint density at radius 1 is 1.00 bits per heavy atom. The molecule has 1 amide bonds. The molecule has 3 aromatic carbocycles. The van der Waals surface area contributed by atoms with Crippen LogP contribution in [0.4, 0.5) is 5.13 Å². The largest absolute Gasteiger partial charge is 0.491 e. The van der Waals surface area contributed by atoms with Gasteiger partial charge in [-0.2, -0.15) is 0 Å². The van der Waals surface area contributed by atoms with Gasteiger partial charge in [0.25, 0.3) is 5.91 Å². The molecule has 0 aliphatic heterocycles. The number of hydrogen-bond donors (Lipinski definition) is 0. The van der Waals surface area contributed by atoms with Gasteiger partial charge < -0.3 is 4.74 Å². The van der Waals surface area contributed by atoms with Crippen LogP contribution in [0.25, 0.3) is 10.2 Å². The first-order chi connectivity index (χ1) is 14.9. The number of carbonyl (C=O) groups is 1. The molecule has 4 nitrogen and oxygen atoms in total. The molecule has 1 heterocycles. The normalized spacial score (nSPS) is 11.1. The maximum absolute atomic E-state index is 13.6. The zero-order chi connectivity index (χ0) is 22.0. The summed E-state index contributed by atoms with van der Waals surface area (Å²) in [5, 5.41) is 0.708. The van der Waals surface area contributed by atoms with E-state index in [0.717, 1.165) is 27.1 Å². The lowest BCUT2D eigenvalue weighted by atomic mass is 10.1. The predicted molar refractivity (Wildman–Crippen MR) is 128 cm³/mol. The smallest absolute Gasteiger partial charge is 0.260 e. The molecule has 0 unspecified atom stereocenters. The molecule has 1 aromatic heterocycles. The first-order valence-corrected chi connectivity index (χ1v) is 11.2. The van der Waals surface area contributed by atoms with Crippen LogP contribution >= 0.6 is 11.3 Å². The molecule has 0 aliphatic rings. The second-order valence-corrected chi connectivity index (χ2v) is 8.93. The highest BCUT2D eigenvalue weighted by atomic mass is 32.1. The Morgan fingerprint density at radius 3 is 2.39 bits per heavy atom. The van der Waals surface area contributed by atoms with Crippen LogP contribution in [0.2, 0.25) is 0 Å². The average Bonchev–Trinajstić information content (AvgIpc) is 3.20. The van der Waals surface area contributed by atoms with E-state index in [1.165, 1.54) is 5.56 Å². The van der Waals surface area contributed by atoms with Gasteiger partial charge in [-0.1, -0.05) is 47.7 Å². The van der Waals surface area contributed by atoms with Crippen LogP contribution < -0.4 is 9.64 Å². The summed E-state index contributed by atoms with van der Waals surface area (Å²) in [5.74, 6) is 0.681. The van der Waals surface area contributed by atoms with E-state index < -0.39 is 0 Å². The summed E-state index contributed by atoms with van der Waals surface area (Å²) < 4.78 is 6.81. The van der Waals surface area contributed by atoms with Crippen molar-refractivity contribution in [3.63, 3.8) is 0 Å². The van der Waals surface area contributed by atoms with E-state index in [1.807, 2.05) is 68.4 Å². The molecule has 0 N–H and O–H groups in total. The van der Waals surface area contributed by atoms with E-state index in [0.29, 0.717) is 17.2 Å². The van der Waals surface area contributed by atoms with Gasteiger partial charge >= 0.3 is 0 Å². The van der Waals surface area contributed by atoms with E-state index in [9.17, 15) is 4.79 Å². The van der Waals surface area contributed by atoms with E-state index in [1.54, 1.807) is 16.2 Å². The number of aromatic nitrogens is 1. The summed E-state index contributed by atoms with van der Waals surface area (Å²) in [4.78, 5) is 20.2. The van der Waals surface area contributed by atoms with Gasteiger partial charge in [-0.15, -0.1) is 0 Å². The zero-order valence-corrected chi connectivity index (χ0v) is 19.1. The van der Waals surface area contributed by atoms with Crippen LogP contribution in [0.15, 0.2) is 66.7 Å². The van der Waals surface area contributed by atoms with Gasteiger partial charge in [-0.05, 0) is 74.7 Å². The molecule has 5 heteroatoms. The van der Waals surface area contributed by atoms with Crippen molar-refractivity contribution in [3.05, 3.63) is 89.0 Å². The molecule has 0 aliphatic carbocycles. The Hall–Kier alpha value is -3.18. The standard InChI is InChI=1S/C26H26N2O2S/c1-17(2)30-22-13-11-21(12-14-22)25(29)28(16-20-8-6-5-7-9-20)26-27-24-19(4)18(3)10-15-23(24)31-26/h5-15,17H,16H2,1-4H3. The maximum atomic E-state index is 13.6. The third kappa shape index (κ3) is 4.62. The predicted octanol–water partition coefficient (Wildman–Crippen LogP) is 6.55. The highest BCUT2D eigenvalue weighted by Gasteiger charge is 2.22. The highest BCUT2D eigenvalue weighted by Crippen LogP contribution is 2.33. The Kier molecular flexibility index (Phi) is 6.05. The summed E-state index contributed by atoms with van der Waals surface area (Å²) in [6, 6.07) is 21.5. The monoisotopic (exact) mass is 430 g/mol. The minimum atomic E-state index is -0.0756. The lowest BCUT2D eigenvalue weighted by molar-refractivity contribution is 0.0985. The van der Waals surface area contributed by atoms with E-state index in [4.69, 9.17) is 9.72 Å². The summed E-state index contributed by atoms with van der Waals surface area (Å²) in [6.07, 6.45) is 0.0885. The first-order valence-electron chi connectivity index (χ1n) is 10.4. The molecular weight excluding hydrogens is 404 g/mol. The Bertz CT molecular complexity index is 1200. The van der Waals surface area contributed by atoms with Crippen molar-refractivity contribution >= 4 is 32.6 Å². The fourth-order valence-corrected chi connectivity index (χ4v) is 4.45. The number of carbonyl (C=O) groups excluding carboxylic acids is 1. The van der Waals surface area contributed by atoms with Gasteiger partial charge in [-0.25, -0.2) is 4.98 Å². The van der Waals surface area contributed by atoms with Crippen molar-refractivity contribution < 1.29 is 9.53 Å². The van der Waals surface area contributed by atoms with Crippen LogP contribution in [0.5, 0.6) is 5.75 Å². The highest BCUT2D eigenvalue weighted by molar-refractivity contribution is 7.22. The summed E-state index contributed by atoms with van der Waals surface area (Å²) in [5.41, 5.74) is 4.99. The van der Waals surface area contributed by atoms with Crippen LogP contribution in [0, 0.1) is 13.8 Å². The molecule has 4 rings (SSSR count). The lowest BCUT2D eigenvalue weighted by Crippen LogP contribution is -2.30. The van der Waals surface area contributed by atoms with Crippen molar-refractivity contribution in [2.75, 3.05) is 4.90 Å². The Morgan fingerprint density at radius 2 is 1.71 bits per heavy atom. The molecule has 0 saturated heterocycles. The van der Waals surface area contributed by atoms with Crippen molar-refractivity contribution in [1.82, 2.24) is 4.98 Å². The van der Waals surface area contributed by atoms with Gasteiger partial charge in [0.05, 0.1) is 22.9 Å². The third-order valence-corrected chi connectivity index (χ3v) is 6.25. The van der Waals surface area contributed by atoms with Crippen LogP contribution in [-0.2, 0) is 6.54 Å². The average molecular weight is 431 g/mol. The van der Waals surface area contributed by atoms with Crippen LogP contribution in [0.3, 0.4) is 0 Å². The van der Waals surface area contributed by atoms with Gasteiger partial charge in [-0.3, -0.25) is 9.69 Å². The lowest BCUT2D eigenvalue weighted by Gasteiger charge is -2.20. The van der Waals surface area contributed by atoms with Gasteiger partial charge in [0.2, 0.25) is 0 Å². The van der Waals surface area contributed by atoms with Crippen LogP contribution in [0.1, 0.15) is 40.9 Å². The summed E-state index contributed by atoms with van der Waals surface area (Å²) in [6.45, 7) is 8.59. The summed E-state index contributed by atoms with van der Waals surface area (Å²) >= 11 is 1.55. The fourth-order valence-electron chi connectivity index (χ4n) is 3.43. The Balaban J connectivity index is 1.72. The number of rotatable bonds is 6. The number of nitrogens with zero attached hydrogens (tertiary/aromatic N) is 2. The number of amides is 1. The van der Waals surface area contributed by atoms with Crippen molar-refractivity contribution in [2.24, 2.45) is 0 Å². The quantitative estimate of drug-likeness (QED) is 0.348. The van der Waals surface area contributed by atoms with Gasteiger partial charge in [0.1, 0.15) is 5.75 Å². The maximum Gasteiger partial charge on any atom is 0.260 e. The number of aryl methyl sites for hydroxylation is 2. The number of hydrogen-bond acceptors (Lipinski definition) is 4. The molecule has 0 radical (unpaired) electrons. The van der Waals surface area contributed by atoms with Crippen molar-refractivity contribution in [1.29, 1.82) is 0 Å². The fraction of sp³-hybridized carbons (Fsp3) is 0.231. The number of thiazole rings is 1. The van der Waals surface area contributed by atoms with E-state index in [2.05, 4.69) is 26.0 Å². The second kappa shape index (κ2) is 8.90. The summed E-state index contributed by atoms with van der Waals surface area (Å²) in [7, 11) is 0. The molecule has 4 aromatic rings. The minimum Gasteiger partial charge on any atom is -0.491 e. The number of fused-ring (bicyclic) bond motifs is 1. The second-order valence-electron chi connectivity index (χ2n) is 7.92. The van der Waals surface area contributed by atoms with Crippen molar-refractivity contribution in [3.8, 4) is 5.75 Å². The van der Waals surface area contributed by atoms with Crippen LogP contribution in [-0.4, -0.2) is 17.0 Å². The number of anilines is 1. The SMILES string of the molecule is Cc1ccc2sc(N(Cc3ccccc3)C(=O)c3ccc(OC(C)C)cc3)nc2c1C. The van der Waals surface area contributed by atoms with Gasteiger partial charge in [0.15, 0.2) is 5.13 Å². The minimum absolute atomic E-state index is 0.0756. The molecular formula is C26H26N2O2S. The zero-order valence-electron chi connectivity index (χ0n) is 18.3. The number of ether oxygens (including phenoxy) is 1. The van der Waals surface area contributed by atoms with E-state index >= 15 is 0 Å². The molecule has 158 valence electrons. The topological polar surface area (TPSA) is 42.4 Å². The molecule has 31 heavy (non-hydrogen) atoms. The molecule has 0 fully saturated rings. The molecule has 0 saturated carbocycles.